The molecule has 1 amide bonds. The number of pyridine rings is 1. The number of halogens is 3. The van der Waals surface area contributed by atoms with Gasteiger partial charge >= 0.3 is 6.18 Å². The lowest BCUT2D eigenvalue weighted by Gasteiger charge is -2.23. The zero-order valence-corrected chi connectivity index (χ0v) is 18.4. The van der Waals surface area contributed by atoms with Gasteiger partial charge in [0.2, 0.25) is 0 Å². The van der Waals surface area contributed by atoms with Crippen molar-refractivity contribution in [2.45, 2.75) is 43.4 Å². The fourth-order valence-electron chi connectivity index (χ4n) is 2.93. The number of primary amides is 1. The minimum absolute atomic E-state index is 0.0694. The van der Waals surface area contributed by atoms with Crippen molar-refractivity contribution in [1.29, 1.82) is 0 Å². The maximum absolute atomic E-state index is 13.0. The normalized spacial score (nSPS) is 14.7. The van der Waals surface area contributed by atoms with Crippen molar-refractivity contribution in [3.8, 4) is 17.3 Å². The predicted octanol–water partition coefficient (Wildman–Crippen LogP) is 3.59. The number of carbonyl (C=O) groups excluding carboxylic acids is 1. The van der Waals surface area contributed by atoms with Gasteiger partial charge in [-0.3, -0.25) is 4.79 Å². The second kappa shape index (κ2) is 7.91. The first-order chi connectivity index (χ1) is 15.0. The summed E-state index contributed by atoms with van der Waals surface area (Å²) in [7, 11) is 1.64. The lowest BCUT2D eigenvalue weighted by molar-refractivity contribution is -0.141. The van der Waals surface area contributed by atoms with Crippen LogP contribution in [0.1, 0.15) is 32.4 Å². The Bertz CT molecular complexity index is 1190. The maximum atomic E-state index is 13.0. The number of nitrogens with zero attached hydrogens (tertiary/aromatic N) is 5. The molecule has 4 rings (SSSR count). The molecule has 0 saturated heterocycles. The van der Waals surface area contributed by atoms with E-state index >= 15 is 0 Å². The highest BCUT2D eigenvalue weighted by atomic mass is 32.2. The summed E-state index contributed by atoms with van der Waals surface area (Å²) in [5.74, 6) is 1.56. The topological polar surface area (TPSA) is 109 Å². The Balaban J connectivity index is 1.76. The predicted molar refractivity (Wildman–Crippen MR) is 112 cm³/mol. The van der Waals surface area contributed by atoms with Crippen molar-refractivity contribution < 1.29 is 22.7 Å². The van der Waals surface area contributed by atoms with Crippen LogP contribution in [0.3, 0.4) is 0 Å². The summed E-state index contributed by atoms with van der Waals surface area (Å²) in [6.45, 7) is 3.12. The van der Waals surface area contributed by atoms with Crippen LogP contribution in [0.5, 0.6) is 5.75 Å². The molecule has 0 aliphatic heterocycles. The molecule has 170 valence electrons. The molecule has 1 saturated carbocycles. The summed E-state index contributed by atoms with van der Waals surface area (Å²) in [5, 5.41) is 6.99. The first kappa shape index (κ1) is 22.3. The summed E-state index contributed by atoms with van der Waals surface area (Å²) in [6, 6.07) is 2.61. The first-order valence-corrected chi connectivity index (χ1v) is 10.8. The van der Waals surface area contributed by atoms with Crippen molar-refractivity contribution >= 4 is 28.8 Å². The zero-order chi connectivity index (χ0) is 23.3. The molecule has 2 N–H and O–H groups in total. The van der Waals surface area contributed by atoms with Gasteiger partial charge in [-0.2, -0.15) is 13.2 Å². The largest absolute Gasteiger partial charge is 0.476 e. The number of aryl methyl sites for hydroxylation is 1. The number of carbonyl (C=O) groups is 1. The van der Waals surface area contributed by atoms with E-state index in [1.807, 2.05) is 0 Å². The van der Waals surface area contributed by atoms with Gasteiger partial charge in [-0.05, 0) is 38.7 Å². The van der Waals surface area contributed by atoms with Crippen molar-refractivity contribution in [1.82, 2.24) is 24.7 Å². The number of hydrogen-bond acceptors (Lipinski definition) is 7. The van der Waals surface area contributed by atoms with E-state index in [2.05, 4.69) is 20.2 Å². The van der Waals surface area contributed by atoms with Gasteiger partial charge in [0.15, 0.2) is 22.8 Å². The van der Waals surface area contributed by atoms with Crippen LogP contribution in [-0.4, -0.2) is 42.0 Å². The monoisotopic (exact) mass is 466 g/mol. The van der Waals surface area contributed by atoms with E-state index in [-0.39, 0.29) is 11.2 Å². The smallest absolute Gasteiger partial charge is 0.435 e. The van der Waals surface area contributed by atoms with Crippen LogP contribution in [0.4, 0.5) is 13.2 Å². The molecule has 1 aliphatic carbocycles. The van der Waals surface area contributed by atoms with Gasteiger partial charge in [-0.15, -0.1) is 22.0 Å². The first-order valence-electron chi connectivity index (χ1n) is 9.85. The van der Waals surface area contributed by atoms with Crippen LogP contribution in [-0.2, 0) is 18.0 Å². The number of ether oxygens (including phenoxy) is 1. The summed E-state index contributed by atoms with van der Waals surface area (Å²) in [6.07, 6.45) is -0.868. The highest BCUT2D eigenvalue weighted by Gasteiger charge is 2.34. The summed E-state index contributed by atoms with van der Waals surface area (Å²) >= 11 is 1.56. The lowest BCUT2D eigenvalue weighted by atomic mass is 10.1. The summed E-state index contributed by atoms with van der Waals surface area (Å²) in [5.41, 5.74) is 3.81. The van der Waals surface area contributed by atoms with Gasteiger partial charge in [0, 0.05) is 23.8 Å². The van der Waals surface area contributed by atoms with Crippen LogP contribution < -0.4 is 10.5 Å². The number of imidazole rings is 1. The quantitative estimate of drug-likeness (QED) is 0.530. The Labute approximate surface area is 185 Å². The second-order valence-corrected chi connectivity index (χ2v) is 9.24. The van der Waals surface area contributed by atoms with Crippen molar-refractivity contribution in [2.24, 2.45) is 18.7 Å². The van der Waals surface area contributed by atoms with Crippen LogP contribution in [0.2, 0.25) is 0 Å². The highest BCUT2D eigenvalue weighted by molar-refractivity contribution is 7.99. The number of rotatable bonds is 7. The highest BCUT2D eigenvalue weighted by Crippen LogP contribution is 2.39. The Morgan fingerprint density at radius 3 is 2.62 bits per heavy atom. The number of aromatic nitrogens is 5. The molecule has 0 bridgehead atoms. The van der Waals surface area contributed by atoms with Gasteiger partial charge in [0.1, 0.15) is 17.0 Å². The summed E-state index contributed by atoms with van der Waals surface area (Å²) < 4.78 is 46.4. The molecule has 32 heavy (non-hydrogen) atoms. The maximum Gasteiger partial charge on any atom is 0.435 e. The molecule has 0 radical (unpaired) electrons. The van der Waals surface area contributed by atoms with Gasteiger partial charge in [-0.25, -0.2) is 9.97 Å². The third kappa shape index (κ3) is 4.50. The van der Waals surface area contributed by atoms with E-state index in [4.69, 9.17) is 10.5 Å². The van der Waals surface area contributed by atoms with E-state index in [1.165, 1.54) is 6.20 Å². The molecule has 0 atom stereocenters. The Morgan fingerprint density at radius 1 is 1.28 bits per heavy atom. The fraction of sp³-hybridized carbons (Fsp3) is 0.450. The molecular formula is C20H21F3N6O2S. The van der Waals surface area contributed by atoms with E-state index in [0.717, 1.165) is 29.6 Å². The average Bonchev–Trinajstić information content (AvgIpc) is 3.48. The number of nitrogens with two attached hydrogens (primary N) is 1. The van der Waals surface area contributed by atoms with Crippen molar-refractivity contribution in [2.75, 3.05) is 5.75 Å². The Kier molecular flexibility index (Phi) is 5.51. The average molecular weight is 466 g/mol. The van der Waals surface area contributed by atoms with E-state index < -0.39 is 23.4 Å². The zero-order valence-electron chi connectivity index (χ0n) is 17.6. The number of fused-ring (bicyclic) bond motifs is 1. The number of amides is 1. The molecular weight excluding hydrogens is 445 g/mol. The molecule has 0 spiro atoms. The molecule has 1 aliphatic rings. The fourth-order valence-corrected chi connectivity index (χ4v) is 4.16. The van der Waals surface area contributed by atoms with Crippen molar-refractivity contribution in [3.05, 3.63) is 24.0 Å². The number of thioether (sulfide) groups is 1. The molecule has 3 heterocycles. The van der Waals surface area contributed by atoms with Crippen LogP contribution in [0, 0.1) is 5.92 Å². The molecule has 3 aromatic rings. The Morgan fingerprint density at radius 2 is 2.00 bits per heavy atom. The molecule has 3 aromatic heterocycles. The van der Waals surface area contributed by atoms with E-state index in [0.29, 0.717) is 23.2 Å². The van der Waals surface area contributed by atoms with E-state index in [1.54, 1.807) is 43.3 Å². The van der Waals surface area contributed by atoms with Gasteiger partial charge in [-0.1, -0.05) is 0 Å². The molecule has 1 fully saturated rings. The van der Waals surface area contributed by atoms with Crippen LogP contribution >= 0.6 is 11.8 Å². The summed E-state index contributed by atoms with van der Waals surface area (Å²) in [4.78, 5) is 21.2. The lowest BCUT2D eigenvalue weighted by Crippen LogP contribution is -2.43. The minimum Gasteiger partial charge on any atom is -0.476 e. The van der Waals surface area contributed by atoms with Gasteiger partial charge in [0.25, 0.3) is 5.91 Å². The standard InChI is InChI=1S/C20H21F3N6O2S/c1-19(2,18(24)30)31-11-6-13(32-9-10-4-5-10)15(25-8-11)17-26-12-7-14(20(21,22)23)27-28-16(12)29(17)3/h6-8,10H,4-5,9H2,1-3H3,(H2,24,30). The van der Waals surface area contributed by atoms with Gasteiger partial charge < -0.3 is 15.0 Å². The third-order valence-electron chi connectivity index (χ3n) is 5.08. The minimum atomic E-state index is -4.62. The SMILES string of the molecule is Cn1c(-c2ncc(OC(C)(C)C(N)=O)cc2SCC2CC2)nc2cc(C(F)(F)F)nnc21. The third-order valence-corrected chi connectivity index (χ3v) is 6.34. The Hall–Kier alpha value is -2.89. The van der Waals surface area contributed by atoms with Crippen LogP contribution in [0.25, 0.3) is 22.7 Å². The molecule has 0 unspecified atom stereocenters. The van der Waals surface area contributed by atoms with Crippen molar-refractivity contribution in [3.63, 3.8) is 0 Å². The van der Waals surface area contributed by atoms with Gasteiger partial charge in [0.05, 0.1) is 6.20 Å². The molecule has 8 nitrogen and oxygen atoms in total. The van der Waals surface area contributed by atoms with E-state index in [9.17, 15) is 18.0 Å². The molecule has 0 aromatic carbocycles. The number of alkyl halides is 3. The second-order valence-electron chi connectivity index (χ2n) is 8.18. The van der Waals surface area contributed by atoms with Crippen LogP contribution in [0.15, 0.2) is 23.2 Å². The molecule has 12 heteroatoms. The number of hydrogen-bond donors (Lipinski definition) is 1.